The van der Waals surface area contributed by atoms with Gasteiger partial charge in [0.25, 0.3) is 5.69 Å². The molecule has 0 saturated heterocycles. The van der Waals surface area contributed by atoms with Gasteiger partial charge >= 0.3 is 0 Å². The number of benzene rings is 1. The van der Waals surface area contributed by atoms with Gasteiger partial charge < -0.3 is 0 Å². The first-order valence-corrected chi connectivity index (χ1v) is 6.65. The lowest BCUT2D eigenvalue weighted by molar-refractivity contribution is -0.385. The third kappa shape index (κ3) is 3.42. The van der Waals surface area contributed by atoms with E-state index >= 15 is 0 Å². The molecule has 0 aliphatic rings. The summed E-state index contributed by atoms with van der Waals surface area (Å²) in [6.07, 6.45) is 0. The van der Waals surface area contributed by atoms with Crippen molar-refractivity contribution in [3.63, 3.8) is 0 Å². The van der Waals surface area contributed by atoms with Crippen molar-refractivity contribution in [3.05, 3.63) is 38.3 Å². The van der Waals surface area contributed by atoms with Crippen LogP contribution in [0.1, 0.15) is 32.3 Å². The van der Waals surface area contributed by atoms with Crippen LogP contribution in [0.4, 0.5) is 5.69 Å². The number of alkyl halides is 1. The van der Waals surface area contributed by atoms with Crippen LogP contribution in [-0.4, -0.2) is 10.3 Å². The van der Waals surface area contributed by atoms with E-state index in [4.69, 9.17) is 11.6 Å². The largest absolute Gasteiger partial charge is 0.273 e. The summed E-state index contributed by atoms with van der Waals surface area (Å²) in [6.45, 7) is 5.92. The molecule has 0 amide bonds. The van der Waals surface area contributed by atoms with Crippen LogP contribution in [0.25, 0.3) is 0 Å². The molecule has 0 aliphatic heterocycles. The van der Waals surface area contributed by atoms with Gasteiger partial charge in [-0.25, -0.2) is 0 Å². The van der Waals surface area contributed by atoms with Crippen LogP contribution in [-0.2, 0) is 0 Å². The maximum Gasteiger partial charge on any atom is 0.273 e. The molecule has 0 spiro atoms. The standard InChI is InChI=1S/C12H15BrClNO2/c1-7(2)12(8(3)14)10-6-9(13)4-5-11(10)15(16)17/h4-8,12H,1-3H3. The topological polar surface area (TPSA) is 43.1 Å². The minimum absolute atomic E-state index is 0.0328. The van der Waals surface area contributed by atoms with E-state index in [2.05, 4.69) is 15.9 Å². The maximum atomic E-state index is 11.0. The van der Waals surface area contributed by atoms with Gasteiger partial charge in [0.2, 0.25) is 0 Å². The van der Waals surface area contributed by atoms with E-state index in [9.17, 15) is 10.1 Å². The first-order chi connectivity index (χ1) is 7.84. The van der Waals surface area contributed by atoms with Gasteiger partial charge in [-0.15, -0.1) is 11.6 Å². The van der Waals surface area contributed by atoms with Crippen molar-refractivity contribution < 1.29 is 4.92 Å². The Labute approximate surface area is 114 Å². The summed E-state index contributed by atoms with van der Waals surface area (Å²) in [5, 5.41) is 10.9. The molecular weight excluding hydrogens is 305 g/mol. The van der Waals surface area contributed by atoms with Gasteiger partial charge in [0, 0.05) is 27.4 Å². The fourth-order valence-corrected chi connectivity index (χ4v) is 2.90. The SMILES string of the molecule is CC(C)C(c1cc(Br)ccc1[N+](=O)[O-])C(C)Cl. The number of hydrogen-bond acceptors (Lipinski definition) is 2. The van der Waals surface area contributed by atoms with Crippen LogP contribution in [0, 0.1) is 16.0 Å². The fraction of sp³-hybridized carbons (Fsp3) is 0.500. The quantitative estimate of drug-likeness (QED) is 0.457. The second kappa shape index (κ2) is 5.83. The van der Waals surface area contributed by atoms with Gasteiger partial charge in [0.15, 0.2) is 0 Å². The monoisotopic (exact) mass is 319 g/mol. The second-order valence-electron chi connectivity index (χ2n) is 4.41. The molecule has 0 aliphatic carbocycles. The lowest BCUT2D eigenvalue weighted by Crippen LogP contribution is -2.17. The van der Waals surface area contributed by atoms with Gasteiger partial charge in [-0.2, -0.15) is 0 Å². The van der Waals surface area contributed by atoms with Gasteiger partial charge in [-0.3, -0.25) is 10.1 Å². The average molecular weight is 321 g/mol. The molecule has 0 radical (unpaired) electrons. The Hall–Kier alpha value is -0.610. The van der Waals surface area contributed by atoms with E-state index in [-0.39, 0.29) is 27.8 Å². The van der Waals surface area contributed by atoms with E-state index in [1.54, 1.807) is 12.1 Å². The van der Waals surface area contributed by atoms with Crippen LogP contribution in [0.3, 0.4) is 0 Å². The summed E-state index contributed by atoms with van der Waals surface area (Å²) in [4.78, 5) is 10.7. The van der Waals surface area contributed by atoms with E-state index in [1.807, 2.05) is 20.8 Å². The Kier molecular flexibility index (Phi) is 4.95. The van der Waals surface area contributed by atoms with Crippen molar-refractivity contribution >= 4 is 33.2 Å². The van der Waals surface area contributed by atoms with E-state index < -0.39 is 0 Å². The fourth-order valence-electron chi connectivity index (χ4n) is 2.10. The Bertz CT molecular complexity index is 413. The van der Waals surface area contributed by atoms with Crippen LogP contribution in [0.5, 0.6) is 0 Å². The predicted octanol–water partition coefficient (Wildman–Crippen LogP) is 4.72. The second-order valence-corrected chi connectivity index (χ2v) is 6.01. The molecule has 1 rings (SSSR count). The molecule has 0 bridgehead atoms. The zero-order valence-corrected chi connectivity index (χ0v) is 12.3. The predicted molar refractivity (Wildman–Crippen MR) is 73.7 cm³/mol. The first kappa shape index (κ1) is 14.5. The van der Waals surface area contributed by atoms with E-state index in [1.165, 1.54) is 6.07 Å². The Balaban J connectivity index is 3.34. The van der Waals surface area contributed by atoms with Crippen molar-refractivity contribution in [1.82, 2.24) is 0 Å². The highest BCUT2D eigenvalue weighted by Crippen LogP contribution is 2.37. The highest BCUT2D eigenvalue weighted by Gasteiger charge is 2.28. The Morgan fingerprint density at radius 2 is 1.94 bits per heavy atom. The molecule has 0 N–H and O–H groups in total. The molecule has 2 atom stereocenters. The summed E-state index contributed by atoms with van der Waals surface area (Å²) < 4.78 is 0.834. The van der Waals surface area contributed by atoms with Gasteiger partial charge in [-0.05, 0) is 25.0 Å². The van der Waals surface area contributed by atoms with Crippen LogP contribution >= 0.6 is 27.5 Å². The van der Waals surface area contributed by atoms with Crippen LogP contribution in [0.15, 0.2) is 22.7 Å². The third-order valence-electron chi connectivity index (χ3n) is 2.76. The highest BCUT2D eigenvalue weighted by molar-refractivity contribution is 9.10. The maximum absolute atomic E-state index is 11.0. The summed E-state index contributed by atoms with van der Waals surface area (Å²) in [5.41, 5.74) is 0.835. The van der Waals surface area contributed by atoms with Crippen molar-refractivity contribution in [1.29, 1.82) is 0 Å². The minimum atomic E-state index is -0.351. The van der Waals surface area contributed by atoms with Gasteiger partial charge in [-0.1, -0.05) is 29.8 Å². The molecule has 1 aromatic carbocycles. The Morgan fingerprint density at radius 1 is 1.35 bits per heavy atom. The summed E-state index contributed by atoms with van der Waals surface area (Å²) >= 11 is 9.51. The zero-order chi connectivity index (χ0) is 13.2. The number of rotatable bonds is 4. The lowest BCUT2D eigenvalue weighted by atomic mass is 9.85. The molecular formula is C12H15BrClNO2. The number of halogens is 2. The van der Waals surface area contributed by atoms with Gasteiger partial charge in [0.1, 0.15) is 0 Å². The van der Waals surface area contributed by atoms with Crippen LogP contribution in [0.2, 0.25) is 0 Å². The molecule has 0 heterocycles. The molecule has 1 aromatic rings. The van der Waals surface area contributed by atoms with Crippen molar-refractivity contribution in [2.75, 3.05) is 0 Å². The number of nitro groups is 1. The molecule has 0 fully saturated rings. The number of nitrogens with zero attached hydrogens (tertiary/aromatic N) is 1. The highest BCUT2D eigenvalue weighted by atomic mass is 79.9. The first-order valence-electron chi connectivity index (χ1n) is 5.42. The normalized spacial score (nSPS) is 14.7. The summed E-state index contributed by atoms with van der Waals surface area (Å²) in [5.74, 6) is 0.213. The Morgan fingerprint density at radius 3 is 2.35 bits per heavy atom. The molecule has 2 unspecified atom stereocenters. The third-order valence-corrected chi connectivity index (χ3v) is 3.52. The molecule has 17 heavy (non-hydrogen) atoms. The van der Waals surface area contributed by atoms with Crippen molar-refractivity contribution in [2.24, 2.45) is 5.92 Å². The van der Waals surface area contributed by atoms with Crippen molar-refractivity contribution in [3.8, 4) is 0 Å². The molecule has 94 valence electrons. The lowest BCUT2D eigenvalue weighted by Gasteiger charge is -2.23. The van der Waals surface area contributed by atoms with Crippen LogP contribution < -0.4 is 0 Å². The van der Waals surface area contributed by atoms with Gasteiger partial charge in [0.05, 0.1) is 4.92 Å². The molecule has 0 saturated carbocycles. The minimum Gasteiger partial charge on any atom is -0.258 e. The average Bonchev–Trinajstić information content (AvgIpc) is 2.15. The summed E-state index contributed by atoms with van der Waals surface area (Å²) in [7, 11) is 0. The molecule has 5 heteroatoms. The zero-order valence-electron chi connectivity index (χ0n) is 9.98. The smallest absolute Gasteiger partial charge is 0.258 e. The number of hydrogen-bond donors (Lipinski definition) is 0. The summed E-state index contributed by atoms with van der Waals surface area (Å²) in [6, 6.07) is 4.99. The van der Waals surface area contributed by atoms with E-state index in [0.29, 0.717) is 5.56 Å². The molecule has 0 aromatic heterocycles. The van der Waals surface area contributed by atoms with E-state index in [0.717, 1.165) is 4.47 Å². The number of nitro benzene ring substituents is 1. The van der Waals surface area contributed by atoms with Crippen molar-refractivity contribution in [2.45, 2.75) is 32.1 Å². The molecule has 3 nitrogen and oxygen atoms in total.